The largest absolute Gasteiger partial charge is 0.480 e. The summed E-state index contributed by atoms with van der Waals surface area (Å²) in [5, 5.41) is 22.4. The molecule has 0 radical (unpaired) electrons. The van der Waals surface area contributed by atoms with E-state index in [1.54, 1.807) is 0 Å². The number of aliphatic hydroxyl groups is 1. The van der Waals surface area contributed by atoms with Gasteiger partial charge in [0.25, 0.3) is 0 Å². The molecular formula is C12H25N3O4. The van der Waals surface area contributed by atoms with E-state index in [9.17, 15) is 9.59 Å². The fourth-order valence-electron chi connectivity index (χ4n) is 1.67. The van der Waals surface area contributed by atoms with Gasteiger partial charge in [-0.3, -0.25) is 0 Å². The molecule has 0 aromatic rings. The van der Waals surface area contributed by atoms with Crippen molar-refractivity contribution >= 4 is 12.0 Å². The zero-order valence-electron chi connectivity index (χ0n) is 11.7. The van der Waals surface area contributed by atoms with E-state index in [0.29, 0.717) is 6.54 Å². The minimum absolute atomic E-state index is 0.000324. The van der Waals surface area contributed by atoms with E-state index in [2.05, 4.69) is 29.4 Å². The Morgan fingerprint density at radius 2 is 1.95 bits per heavy atom. The van der Waals surface area contributed by atoms with Gasteiger partial charge in [0.2, 0.25) is 0 Å². The van der Waals surface area contributed by atoms with Crippen molar-refractivity contribution in [3.8, 4) is 0 Å². The summed E-state index contributed by atoms with van der Waals surface area (Å²) < 4.78 is 0. The first kappa shape index (κ1) is 17.7. The lowest BCUT2D eigenvalue weighted by atomic mass is 10.2. The van der Waals surface area contributed by atoms with E-state index in [1.807, 2.05) is 0 Å². The van der Waals surface area contributed by atoms with Crippen LogP contribution in [0.4, 0.5) is 4.79 Å². The van der Waals surface area contributed by atoms with Crippen LogP contribution in [0.5, 0.6) is 0 Å². The van der Waals surface area contributed by atoms with E-state index in [1.165, 1.54) is 0 Å². The summed E-state index contributed by atoms with van der Waals surface area (Å²) in [6, 6.07) is -1.57. The Bertz CT molecular complexity index is 274. The smallest absolute Gasteiger partial charge is 0.326 e. The SMILES string of the molecule is CCCN(CC)CCNC(=O)N[C@H](CCO)C(=O)O. The molecule has 0 unspecified atom stereocenters. The predicted octanol–water partition coefficient (Wildman–Crippen LogP) is -0.147. The Labute approximate surface area is 114 Å². The fraction of sp³-hybridized carbons (Fsp3) is 0.833. The van der Waals surface area contributed by atoms with Crippen molar-refractivity contribution in [2.75, 3.05) is 32.8 Å². The van der Waals surface area contributed by atoms with E-state index in [0.717, 1.165) is 26.1 Å². The maximum absolute atomic E-state index is 11.5. The first-order chi connectivity index (χ1) is 9.04. The van der Waals surface area contributed by atoms with Gasteiger partial charge < -0.3 is 25.7 Å². The summed E-state index contributed by atoms with van der Waals surface area (Å²) in [6.07, 6.45) is 1.05. The van der Waals surface area contributed by atoms with Crippen LogP contribution >= 0.6 is 0 Å². The lowest BCUT2D eigenvalue weighted by molar-refractivity contribution is -0.139. The van der Waals surface area contributed by atoms with Gasteiger partial charge in [0, 0.05) is 26.1 Å². The number of likely N-dealkylation sites (N-methyl/N-ethyl adjacent to an activating group) is 1. The minimum Gasteiger partial charge on any atom is -0.480 e. The molecule has 7 heteroatoms. The third-order valence-electron chi connectivity index (χ3n) is 2.72. The van der Waals surface area contributed by atoms with Crippen LogP contribution in [0.3, 0.4) is 0 Å². The van der Waals surface area contributed by atoms with Crippen molar-refractivity contribution in [2.24, 2.45) is 0 Å². The standard InChI is InChI=1S/C12H25N3O4/c1-3-7-15(4-2)8-6-13-12(19)14-10(5-9-16)11(17)18/h10,16H,3-9H2,1-2H3,(H,17,18)(H2,13,14,19)/t10-/m1/s1. The predicted molar refractivity (Wildman–Crippen MR) is 72.1 cm³/mol. The molecule has 0 aliphatic carbocycles. The summed E-state index contributed by atoms with van der Waals surface area (Å²) in [6.45, 7) is 6.95. The van der Waals surface area contributed by atoms with Gasteiger partial charge in [0.05, 0.1) is 0 Å². The fourth-order valence-corrected chi connectivity index (χ4v) is 1.67. The Balaban J connectivity index is 3.93. The van der Waals surface area contributed by atoms with Gasteiger partial charge in [-0.1, -0.05) is 13.8 Å². The van der Waals surface area contributed by atoms with Gasteiger partial charge in [0.15, 0.2) is 0 Å². The lowest BCUT2D eigenvalue weighted by Gasteiger charge is -2.20. The number of urea groups is 1. The molecule has 0 rings (SSSR count). The van der Waals surface area contributed by atoms with Crippen molar-refractivity contribution in [3.63, 3.8) is 0 Å². The molecule has 1 atom stereocenters. The molecule has 0 saturated heterocycles. The third-order valence-corrected chi connectivity index (χ3v) is 2.72. The van der Waals surface area contributed by atoms with Crippen LogP contribution in [0, 0.1) is 0 Å². The monoisotopic (exact) mass is 275 g/mol. The number of rotatable bonds is 10. The number of nitrogens with zero attached hydrogens (tertiary/aromatic N) is 1. The first-order valence-electron chi connectivity index (χ1n) is 6.65. The molecule has 0 aliphatic rings. The molecule has 112 valence electrons. The van der Waals surface area contributed by atoms with Gasteiger partial charge in [-0.2, -0.15) is 0 Å². The molecule has 0 aromatic heterocycles. The van der Waals surface area contributed by atoms with Crippen LogP contribution in [-0.4, -0.2) is 65.9 Å². The van der Waals surface area contributed by atoms with Crippen molar-refractivity contribution in [1.29, 1.82) is 0 Å². The molecule has 0 aromatic carbocycles. The van der Waals surface area contributed by atoms with Crippen molar-refractivity contribution in [2.45, 2.75) is 32.7 Å². The van der Waals surface area contributed by atoms with Gasteiger partial charge >= 0.3 is 12.0 Å². The molecule has 0 bridgehead atoms. The van der Waals surface area contributed by atoms with Crippen LogP contribution in [0.15, 0.2) is 0 Å². The van der Waals surface area contributed by atoms with Gasteiger partial charge in [-0.05, 0) is 19.5 Å². The Morgan fingerprint density at radius 1 is 1.26 bits per heavy atom. The highest BCUT2D eigenvalue weighted by molar-refractivity contribution is 5.82. The summed E-state index contributed by atoms with van der Waals surface area (Å²) in [5.41, 5.74) is 0. The van der Waals surface area contributed by atoms with Crippen molar-refractivity contribution in [3.05, 3.63) is 0 Å². The number of carboxylic acids is 1. The third kappa shape index (κ3) is 8.39. The normalized spacial score (nSPS) is 12.2. The van der Waals surface area contributed by atoms with Crippen LogP contribution in [-0.2, 0) is 4.79 Å². The van der Waals surface area contributed by atoms with Gasteiger partial charge in [-0.25, -0.2) is 9.59 Å². The molecule has 0 fully saturated rings. The second-order valence-electron chi connectivity index (χ2n) is 4.24. The Kier molecular flexibility index (Phi) is 9.82. The van der Waals surface area contributed by atoms with Gasteiger partial charge in [0.1, 0.15) is 6.04 Å². The first-order valence-corrected chi connectivity index (χ1v) is 6.65. The Morgan fingerprint density at radius 3 is 2.42 bits per heavy atom. The van der Waals surface area contributed by atoms with Crippen LogP contribution in [0.2, 0.25) is 0 Å². The molecule has 0 spiro atoms. The zero-order valence-corrected chi connectivity index (χ0v) is 11.7. The molecule has 19 heavy (non-hydrogen) atoms. The lowest BCUT2D eigenvalue weighted by Crippen LogP contribution is -2.48. The number of carbonyl (C=O) groups is 2. The summed E-state index contributed by atoms with van der Waals surface area (Å²) in [7, 11) is 0. The molecule has 0 saturated carbocycles. The number of hydrogen-bond donors (Lipinski definition) is 4. The number of carbonyl (C=O) groups excluding carboxylic acids is 1. The average Bonchev–Trinajstić information content (AvgIpc) is 2.37. The average molecular weight is 275 g/mol. The number of aliphatic hydroxyl groups excluding tert-OH is 1. The molecule has 4 N–H and O–H groups in total. The topological polar surface area (TPSA) is 102 Å². The summed E-state index contributed by atoms with van der Waals surface area (Å²) in [4.78, 5) is 24.4. The number of aliphatic carboxylic acids is 1. The van der Waals surface area contributed by atoms with Crippen molar-refractivity contribution in [1.82, 2.24) is 15.5 Å². The van der Waals surface area contributed by atoms with Crippen LogP contribution in [0.1, 0.15) is 26.7 Å². The number of nitrogens with one attached hydrogen (secondary N) is 2. The van der Waals surface area contributed by atoms with E-state index >= 15 is 0 Å². The molecular weight excluding hydrogens is 250 g/mol. The molecule has 7 nitrogen and oxygen atoms in total. The summed E-state index contributed by atoms with van der Waals surface area (Å²) >= 11 is 0. The number of amides is 2. The molecule has 0 heterocycles. The minimum atomic E-state index is -1.15. The second-order valence-corrected chi connectivity index (χ2v) is 4.24. The highest BCUT2D eigenvalue weighted by atomic mass is 16.4. The Hall–Kier alpha value is -1.34. The quantitative estimate of drug-likeness (QED) is 0.444. The maximum atomic E-state index is 11.5. The highest BCUT2D eigenvalue weighted by Gasteiger charge is 2.18. The maximum Gasteiger partial charge on any atom is 0.326 e. The van der Waals surface area contributed by atoms with Crippen LogP contribution in [0.25, 0.3) is 0 Å². The number of hydrogen-bond acceptors (Lipinski definition) is 4. The zero-order chi connectivity index (χ0) is 14.7. The van der Waals surface area contributed by atoms with E-state index in [4.69, 9.17) is 10.2 Å². The summed E-state index contributed by atoms with van der Waals surface area (Å²) in [5.74, 6) is -1.15. The highest BCUT2D eigenvalue weighted by Crippen LogP contribution is 1.92. The molecule has 0 aliphatic heterocycles. The van der Waals surface area contributed by atoms with E-state index in [-0.39, 0.29) is 13.0 Å². The van der Waals surface area contributed by atoms with Crippen LogP contribution < -0.4 is 10.6 Å². The van der Waals surface area contributed by atoms with Crippen molar-refractivity contribution < 1.29 is 19.8 Å². The number of carboxylic acid groups (broad SMARTS) is 1. The molecule has 2 amide bonds. The second kappa shape index (κ2) is 10.6. The van der Waals surface area contributed by atoms with Gasteiger partial charge in [-0.15, -0.1) is 0 Å². The van der Waals surface area contributed by atoms with E-state index < -0.39 is 18.0 Å².